The summed E-state index contributed by atoms with van der Waals surface area (Å²) >= 11 is 1.82. The molecular formula is C18H22N2OS. The molecule has 0 radical (unpaired) electrons. The van der Waals surface area contributed by atoms with Gasteiger partial charge in [0.15, 0.2) is 0 Å². The predicted octanol–water partition coefficient (Wildman–Crippen LogP) is 4.54. The highest BCUT2D eigenvalue weighted by Gasteiger charge is 2.06. The minimum absolute atomic E-state index is 0.154. The second-order valence-corrected chi connectivity index (χ2v) is 6.52. The molecule has 2 aromatic rings. The largest absolute Gasteiger partial charge is 0.338 e. The Kier molecular flexibility index (Phi) is 6.34. The number of rotatable bonds is 6. The summed E-state index contributed by atoms with van der Waals surface area (Å²) in [5.74, 6) is 1.39. The van der Waals surface area contributed by atoms with Crippen LogP contribution in [0.2, 0.25) is 0 Å². The van der Waals surface area contributed by atoms with Gasteiger partial charge in [-0.15, -0.1) is 11.8 Å². The van der Waals surface area contributed by atoms with Crippen LogP contribution in [0.3, 0.4) is 0 Å². The number of amides is 2. The smallest absolute Gasteiger partial charge is 0.319 e. The highest BCUT2D eigenvalue weighted by atomic mass is 32.2. The Morgan fingerprint density at radius 3 is 2.45 bits per heavy atom. The van der Waals surface area contributed by atoms with Crippen molar-refractivity contribution in [1.29, 1.82) is 0 Å². The highest BCUT2D eigenvalue weighted by molar-refractivity contribution is 7.99. The van der Waals surface area contributed by atoms with Crippen LogP contribution >= 0.6 is 11.8 Å². The van der Waals surface area contributed by atoms with E-state index in [1.54, 1.807) is 0 Å². The van der Waals surface area contributed by atoms with Crippen LogP contribution in [0.25, 0.3) is 0 Å². The van der Waals surface area contributed by atoms with Crippen molar-refractivity contribution >= 4 is 23.5 Å². The monoisotopic (exact) mass is 314 g/mol. The minimum atomic E-state index is -0.154. The van der Waals surface area contributed by atoms with Crippen LogP contribution in [-0.4, -0.2) is 18.3 Å². The second-order valence-electron chi connectivity index (χ2n) is 5.43. The Bertz CT molecular complexity index is 584. The number of benzene rings is 2. The molecule has 0 aliphatic carbocycles. The molecule has 0 fully saturated rings. The van der Waals surface area contributed by atoms with Crippen molar-refractivity contribution in [2.45, 2.75) is 18.7 Å². The van der Waals surface area contributed by atoms with Gasteiger partial charge in [0.1, 0.15) is 0 Å². The molecule has 0 saturated carbocycles. The van der Waals surface area contributed by atoms with E-state index in [0.717, 1.165) is 11.4 Å². The number of carbonyl (C=O) groups is 1. The Morgan fingerprint density at radius 1 is 1.09 bits per heavy atom. The third-order valence-electron chi connectivity index (χ3n) is 3.20. The van der Waals surface area contributed by atoms with Crippen molar-refractivity contribution in [3.05, 3.63) is 60.2 Å². The summed E-state index contributed by atoms with van der Waals surface area (Å²) in [6, 6.07) is 17.8. The van der Waals surface area contributed by atoms with Crippen molar-refractivity contribution in [2.24, 2.45) is 5.92 Å². The zero-order chi connectivity index (χ0) is 15.8. The summed E-state index contributed by atoms with van der Waals surface area (Å²) in [7, 11) is 0. The first-order valence-corrected chi connectivity index (χ1v) is 8.41. The molecule has 3 nitrogen and oxygen atoms in total. The van der Waals surface area contributed by atoms with Crippen molar-refractivity contribution in [1.82, 2.24) is 5.32 Å². The average molecular weight is 314 g/mol. The molecule has 0 heterocycles. The number of urea groups is 1. The third kappa shape index (κ3) is 5.82. The zero-order valence-corrected chi connectivity index (χ0v) is 13.8. The van der Waals surface area contributed by atoms with E-state index in [2.05, 4.69) is 48.7 Å². The fraction of sp³-hybridized carbons (Fsp3) is 0.278. The lowest BCUT2D eigenvalue weighted by Gasteiger charge is -2.13. The van der Waals surface area contributed by atoms with E-state index in [1.165, 1.54) is 10.5 Å². The van der Waals surface area contributed by atoms with E-state index in [0.29, 0.717) is 12.5 Å². The van der Waals surface area contributed by atoms with Crippen LogP contribution in [0, 0.1) is 12.8 Å². The van der Waals surface area contributed by atoms with Crippen molar-refractivity contribution < 1.29 is 4.79 Å². The van der Waals surface area contributed by atoms with Gasteiger partial charge >= 0.3 is 6.03 Å². The van der Waals surface area contributed by atoms with Crippen LogP contribution in [-0.2, 0) is 0 Å². The molecule has 1 atom stereocenters. The van der Waals surface area contributed by atoms with Gasteiger partial charge < -0.3 is 10.6 Å². The molecule has 4 heteroatoms. The van der Waals surface area contributed by atoms with Gasteiger partial charge in [-0.05, 0) is 37.1 Å². The Labute approximate surface area is 136 Å². The van der Waals surface area contributed by atoms with Crippen molar-refractivity contribution in [3.63, 3.8) is 0 Å². The summed E-state index contributed by atoms with van der Waals surface area (Å²) < 4.78 is 0. The minimum Gasteiger partial charge on any atom is -0.338 e. The molecule has 0 aliphatic rings. The van der Waals surface area contributed by atoms with Gasteiger partial charge in [-0.25, -0.2) is 4.79 Å². The van der Waals surface area contributed by atoms with Gasteiger partial charge in [0.2, 0.25) is 0 Å². The van der Waals surface area contributed by atoms with Gasteiger partial charge in [-0.2, -0.15) is 0 Å². The number of nitrogens with one attached hydrogen (secondary N) is 2. The topological polar surface area (TPSA) is 41.1 Å². The molecule has 0 bridgehead atoms. The van der Waals surface area contributed by atoms with Gasteiger partial charge in [0.25, 0.3) is 0 Å². The summed E-state index contributed by atoms with van der Waals surface area (Å²) in [6.45, 7) is 4.90. The molecular weight excluding hydrogens is 292 g/mol. The molecule has 0 spiro atoms. The van der Waals surface area contributed by atoms with Gasteiger partial charge in [-0.1, -0.05) is 42.8 Å². The number of hydrogen-bond donors (Lipinski definition) is 2. The van der Waals surface area contributed by atoms with Crippen molar-refractivity contribution in [3.8, 4) is 0 Å². The van der Waals surface area contributed by atoms with Crippen LogP contribution in [0.4, 0.5) is 10.5 Å². The maximum atomic E-state index is 11.8. The van der Waals surface area contributed by atoms with E-state index >= 15 is 0 Å². The molecule has 2 N–H and O–H groups in total. The standard InChI is InChI=1S/C18H22N2OS/c1-14-8-10-17(11-9-14)22-13-15(2)12-19-18(21)20-16-6-4-3-5-7-16/h3-11,15H,12-13H2,1-2H3,(H2,19,20,21)/t15-/m1/s1. The number of anilines is 1. The lowest BCUT2D eigenvalue weighted by molar-refractivity contribution is 0.251. The fourth-order valence-electron chi connectivity index (χ4n) is 1.90. The maximum absolute atomic E-state index is 11.8. The van der Waals surface area contributed by atoms with Crippen LogP contribution in [0.5, 0.6) is 0 Å². The molecule has 116 valence electrons. The summed E-state index contributed by atoms with van der Waals surface area (Å²) in [6.07, 6.45) is 0. The van der Waals surface area contributed by atoms with Gasteiger partial charge in [-0.3, -0.25) is 0 Å². The normalized spacial score (nSPS) is 11.7. The molecule has 0 aliphatic heterocycles. The number of thioether (sulfide) groups is 1. The van der Waals surface area contributed by atoms with E-state index in [-0.39, 0.29) is 6.03 Å². The first-order chi connectivity index (χ1) is 10.6. The molecule has 22 heavy (non-hydrogen) atoms. The number of hydrogen-bond acceptors (Lipinski definition) is 2. The lowest BCUT2D eigenvalue weighted by atomic mass is 10.2. The van der Waals surface area contributed by atoms with Crippen LogP contribution < -0.4 is 10.6 Å². The molecule has 0 unspecified atom stereocenters. The Morgan fingerprint density at radius 2 is 1.77 bits per heavy atom. The number of carbonyl (C=O) groups excluding carboxylic acids is 1. The zero-order valence-electron chi connectivity index (χ0n) is 13.0. The Hall–Kier alpha value is -1.94. The number of aryl methyl sites for hydroxylation is 1. The average Bonchev–Trinajstić information content (AvgIpc) is 2.53. The predicted molar refractivity (Wildman–Crippen MR) is 94.5 cm³/mol. The van der Waals surface area contributed by atoms with Crippen LogP contribution in [0.1, 0.15) is 12.5 Å². The molecule has 2 amide bonds. The van der Waals surface area contributed by atoms with Crippen molar-refractivity contribution in [2.75, 3.05) is 17.6 Å². The first-order valence-electron chi connectivity index (χ1n) is 7.43. The van der Waals surface area contributed by atoms with Gasteiger partial charge in [0.05, 0.1) is 0 Å². The highest BCUT2D eigenvalue weighted by Crippen LogP contribution is 2.20. The lowest BCUT2D eigenvalue weighted by Crippen LogP contribution is -2.32. The summed E-state index contributed by atoms with van der Waals surface area (Å²) in [4.78, 5) is 13.1. The second kappa shape index (κ2) is 8.49. The van der Waals surface area contributed by atoms with E-state index in [4.69, 9.17) is 0 Å². The van der Waals surface area contributed by atoms with Gasteiger partial charge in [0, 0.05) is 22.9 Å². The summed E-state index contributed by atoms with van der Waals surface area (Å²) in [5, 5.41) is 5.73. The molecule has 0 aromatic heterocycles. The summed E-state index contributed by atoms with van der Waals surface area (Å²) in [5.41, 5.74) is 2.08. The van der Waals surface area contributed by atoms with E-state index < -0.39 is 0 Å². The quantitative estimate of drug-likeness (QED) is 0.768. The van der Waals surface area contributed by atoms with E-state index in [9.17, 15) is 4.79 Å². The molecule has 2 rings (SSSR count). The molecule has 0 saturated heterocycles. The SMILES string of the molecule is Cc1ccc(SC[C@H](C)CNC(=O)Nc2ccccc2)cc1. The number of para-hydroxylation sites is 1. The third-order valence-corrected chi connectivity index (χ3v) is 4.54. The first kappa shape index (κ1) is 16.4. The fourth-order valence-corrected chi connectivity index (χ4v) is 2.82. The van der Waals surface area contributed by atoms with Crippen LogP contribution in [0.15, 0.2) is 59.5 Å². The Balaban J connectivity index is 1.67. The molecule has 2 aromatic carbocycles. The van der Waals surface area contributed by atoms with E-state index in [1.807, 2.05) is 42.1 Å². The maximum Gasteiger partial charge on any atom is 0.319 e.